The molecule has 2 aromatic rings. The monoisotopic (exact) mass is 316 g/mol. The number of nitrogens with zero attached hydrogens (tertiary/aromatic N) is 2. The number of thioether (sulfide) groups is 1. The van der Waals surface area contributed by atoms with E-state index in [0.29, 0.717) is 6.54 Å². The van der Waals surface area contributed by atoms with Gasteiger partial charge in [-0.25, -0.2) is 4.99 Å². The minimum atomic E-state index is 0.696. The van der Waals surface area contributed by atoms with Crippen molar-refractivity contribution in [3.63, 3.8) is 0 Å². The fraction of sp³-hybridized carbons (Fsp3) is 0.353. The summed E-state index contributed by atoms with van der Waals surface area (Å²) in [5.74, 6) is 1.89. The maximum Gasteiger partial charge on any atom is 0.191 e. The third kappa shape index (κ3) is 5.85. The third-order valence-electron chi connectivity index (χ3n) is 3.06. The minimum Gasteiger partial charge on any atom is -0.357 e. The van der Waals surface area contributed by atoms with Crippen molar-refractivity contribution in [3.8, 4) is 0 Å². The van der Waals surface area contributed by atoms with Crippen LogP contribution in [0.5, 0.6) is 0 Å². The van der Waals surface area contributed by atoms with E-state index >= 15 is 0 Å². The molecule has 0 unspecified atom stereocenters. The van der Waals surface area contributed by atoms with Crippen LogP contribution in [0.25, 0.3) is 0 Å². The predicted octanol–water partition coefficient (Wildman–Crippen LogP) is 2.87. The van der Waals surface area contributed by atoms with Gasteiger partial charge in [0.1, 0.15) is 0 Å². The van der Waals surface area contributed by atoms with Gasteiger partial charge in [-0.15, -0.1) is 11.8 Å². The number of hydrogen-bond donors (Lipinski definition) is 2. The summed E-state index contributed by atoms with van der Waals surface area (Å²) < 4.78 is 2.04. The van der Waals surface area contributed by atoms with Crippen LogP contribution in [0.1, 0.15) is 12.5 Å². The summed E-state index contributed by atoms with van der Waals surface area (Å²) in [6.45, 7) is 4.53. The maximum atomic E-state index is 4.61. The van der Waals surface area contributed by atoms with Crippen LogP contribution in [0.15, 0.2) is 58.7 Å². The van der Waals surface area contributed by atoms with E-state index in [1.165, 1.54) is 10.5 Å². The Morgan fingerprint density at radius 1 is 1.18 bits per heavy atom. The second-order valence-electron chi connectivity index (χ2n) is 4.97. The summed E-state index contributed by atoms with van der Waals surface area (Å²) in [6.07, 6.45) is 4.14. The van der Waals surface area contributed by atoms with Crippen molar-refractivity contribution in [2.45, 2.75) is 18.4 Å². The Bertz CT molecular complexity index is 577. The molecular weight excluding hydrogens is 292 g/mol. The van der Waals surface area contributed by atoms with Crippen molar-refractivity contribution in [3.05, 3.63) is 54.4 Å². The van der Waals surface area contributed by atoms with Crippen LogP contribution in [0.2, 0.25) is 0 Å². The van der Waals surface area contributed by atoms with Gasteiger partial charge in [-0.05, 0) is 30.7 Å². The molecule has 0 aliphatic heterocycles. The molecule has 5 heteroatoms. The van der Waals surface area contributed by atoms with Crippen molar-refractivity contribution in [1.29, 1.82) is 0 Å². The molecule has 0 amide bonds. The van der Waals surface area contributed by atoms with E-state index in [-0.39, 0.29) is 0 Å². The SMILES string of the molecule is CCNC(=NCc1ccn(C)c1)NCCSc1ccccc1. The Labute approximate surface area is 137 Å². The second kappa shape index (κ2) is 9.20. The molecule has 0 saturated heterocycles. The first-order valence-electron chi connectivity index (χ1n) is 7.59. The standard InChI is InChI=1S/C17H24N4S/c1-3-18-17(20-13-15-9-11-21(2)14-15)19-10-12-22-16-7-5-4-6-8-16/h4-9,11,14H,3,10,12-13H2,1-2H3,(H2,18,19,20). The van der Waals surface area contributed by atoms with Crippen LogP contribution in [-0.4, -0.2) is 29.4 Å². The normalized spacial score (nSPS) is 11.5. The van der Waals surface area contributed by atoms with Gasteiger partial charge in [-0.2, -0.15) is 0 Å². The lowest BCUT2D eigenvalue weighted by atomic mass is 10.3. The molecular formula is C17H24N4S. The Morgan fingerprint density at radius 3 is 2.68 bits per heavy atom. The first-order valence-corrected chi connectivity index (χ1v) is 8.57. The number of nitrogens with one attached hydrogen (secondary N) is 2. The zero-order valence-corrected chi connectivity index (χ0v) is 14.1. The van der Waals surface area contributed by atoms with Crippen LogP contribution in [-0.2, 0) is 13.6 Å². The molecule has 0 atom stereocenters. The molecule has 1 aromatic heterocycles. The van der Waals surface area contributed by atoms with E-state index in [1.54, 1.807) is 0 Å². The quantitative estimate of drug-likeness (QED) is 0.357. The van der Waals surface area contributed by atoms with E-state index in [0.717, 1.165) is 24.8 Å². The summed E-state index contributed by atoms with van der Waals surface area (Å²) in [5.41, 5.74) is 1.22. The number of aliphatic imine (C=N–C) groups is 1. The number of aromatic nitrogens is 1. The molecule has 0 spiro atoms. The molecule has 1 heterocycles. The van der Waals surface area contributed by atoms with Crippen LogP contribution in [0.3, 0.4) is 0 Å². The van der Waals surface area contributed by atoms with E-state index < -0.39 is 0 Å². The predicted molar refractivity (Wildman–Crippen MR) is 95.4 cm³/mol. The molecule has 22 heavy (non-hydrogen) atoms. The van der Waals surface area contributed by atoms with Crippen molar-refractivity contribution < 1.29 is 0 Å². The van der Waals surface area contributed by atoms with Gasteiger partial charge in [0.05, 0.1) is 6.54 Å². The number of guanidine groups is 1. The largest absolute Gasteiger partial charge is 0.357 e. The number of benzene rings is 1. The fourth-order valence-electron chi connectivity index (χ4n) is 2.02. The van der Waals surface area contributed by atoms with Crippen molar-refractivity contribution >= 4 is 17.7 Å². The molecule has 0 radical (unpaired) electrons. The van der Waals surface area contributed by atoms with Gasteiger partial charge < -0.3 is 15.2 Å². The molecule has 0 saturated carbocycles. The van der Waals surface area contributed by atoms with Gasteiger partial charge in [-0.1, -0.05) is 18.2 Å². The summed E-state index contributed by atoms with van der Waals surface area (Å²) in [7, 11) is 2.03. The number of aryl methyl sites for hydroxylation is 1. The Balaban J connectivity index is 1.76. The molecule has 0 bridgehead atoms. The van der Waals surface area contributed by atoms with Crippen LogP contribution in [0.4, 0.5) is 0 Å². The lowest BCUT2D eigenvalue weighted by Crippen LogP contribution is -2.38. The van der Waals surface area contributed by atoms with Gasteiger partial charge in [-0.3, -0.25) is 0 Å². The zero-order chi connectivity index (χ0) is 15.6. The fourth-order valence-corrected chi connectivity index (χ4v) is 2.81. The highest BCUT2D eigenvalue weighted by molar-refractivity contribution is 7.99. The van der Waals surface area contributed by atoms with Crippen LogP contribution < -0.4 is 10.6 Å². The molecule has 2 N–H and O–H groups in total. The Kier molecular flexibility index (Phi) is 6.90. The highest BCUT2D eigenvalue weighted by Gasteiger charge is 1.99. The van der Waals surface area contributed by atoms with Gasteiger partial charge in [0.25, 0.3) is 0 Å². The number of rotatable bonds is 7. The maximum absolute atomic E-state index is 4.61. The van der Waals surface area contributed by atoms with Crippen LogP contribution in [0, 0.1) is 0 Å². The summed E-state index contributed by atoms with van der Waals surface area (Å²) >= 11 is 1.85. The van der Waals surface area contributed by atoms with E-state index in [1.807, 2.05) is 35.6 Å². The molecule has 1 aromatic carbocycles. The first-order chi connectivity index (χ1) is 10.8. The lowest BCUT2D eigenvalue weighted by molar-refractivity contribution is 0.841. The second-order valence-corrected chi connectivity index (χ2v) is 6.14. The van der Waals surface area contributed by atoms with E-state index in [9.17, 15) is 0 Å². The Morgan fingerprint density at radius 2 is 2.00 bits per heavy atom. The topological polar surface area (TPSA) is 41.4 Å². The summed E-state index contributed by atoms with van der Waals surface area (Å²) in [4.78, 5) is 5.91. The molecule has 118 valence electrons. The Hall–Kier alpha value is -1.88. The summed E-state index contributed by atoms with van der Waals surface area (Å²) in [5, 5.41) is 6.66. The highest BCUT2D eigenvalue weighted by atomic mass is 32.2. The molecule has 0 aliphatic carbocycles. The minimum absolute atomic E-state index is 0.696. The molecule has 0 fully saturated rings. The van der Waals surface area contributed by atoms with E-state index in [4.69, 9.17) is 0 Å². The van der Waals surface area contributed by atoms with Gasteiger partial charge in [0.2, 0.25) is 0 Å². The smallest absolute Gasteiger partial charge is 0.191 e. The highest BCUT2D eigenvalue weighted by Crippen LogP contribution is 2.15. The third-order valence-corrected chi connectivity index (χ3v) is 4.08. The molecule has 0 aliphatic rings. The zero-order valence-electron chi connectivity index (χ0n) is 13.2. The first kappa shape index (κ1) is 16.5. The molecule has 2 rings (SSSR count). The van der Waals surface area contributed by atoms with Gasteiger partial charge in [0.15, 0.2) is 5.96 Å². The van der Waals surface area contributed by atoms with E-state index in [2.05, 4.69) is 59.1 Å². The van der Waals surface area contributed by atoms with Crippen LogP contribution >= 0.6 is 11.8 Å². The summed E-state index contributed by atoms with van der Waals surface area (Å²) in [6, 6.07) is 12.6. The van der Waals surface area contributed by atoms with Crippen molar-refractivity contribution in [1.82, 2.24) is 15.2 Å². The number of hydrogen-bond acceptors (Lipinski definition) is 2. The lowest BCUT2D eigenvalue weighted by Gasteiger charge is -2.11. The van der Waals surface area contributed by atoms with Gasteiger partial charge >= 0.3 is 0 Å². The average molecular weight is 316 g/mol. The van der Waals surface area contributed by atoms with Crippen molar-refractivity contribution in [2.75, 3.05) is 18.8 Å². The molecule has 4 nitrogen and oxygen atoms in total. The average Bonchev–Trinajstić information content (AvgIpc) is 2.95. The van der Waals surface area contributed by atoms with Gasteiger partial charge in [0, 0.05) is 43.2 Å². The van der Waals surface area contributed by atoms with Crippen molar-refractivity contribution in [2.24, 2.45) is 12.0 Å².